The molecule has 1 aromatic carbocycles. The van der Waals surface area contributed by atoms with E-state index in [2.05, 4.69) is 30.0 Å². The summed E-state index contributed by atoms with van der Waals surface area (Å²) in [5.74, 6) is 0.207. The number of fused-ring (bicyclic) bond motifs is 2. The van der Waals surface area contributed by atoms with Crippen molar-refractivity contribution in [2.75, 3.05) is 6.54 Å². The summed E-state index contributed by atoms with van der Waals surface area (Å²) in [6, 6.07) is 8.11. The van der Waals surface area contributed by atoms with Crippen molar-refractivity contribution in [1.29, 1.82) is 0 Å². The third kappa shape index (κ3) is 1.45. The van der Waals surface area contributed by atoms with Gasteiger partial charge in [-0.05, 0) is 37.3 Å². The van der Waals surface area contributed by atoms with Crippen LogP contribution in [0.15, 0.2) is 36.4 Å². The summed E-state index contributed by atoms with van der Waals surface area (Å²) < 4.78 is 0. The molecule has 2 nitrogen and oxygen atoms in total. The lowest BCUT2D eigenvalue weighted by molar-refractivity contribution is 0.0610. The zero-order valence-electron chi connectivity index (χ0n) is 10.9. The van der Waals surface area contributed by atoms with Crippen LogP contribution in [0, 0.1) is 0 Å². The molecule has 0 bridgehead atoms. The molecule has 0 radical (unpaired) electrons. The van der Waals surface area contributed by atoms with E-state index in [1.165, 1.54) is 12.0 Å². The fourth-order valence-corrected chi connectivity index (χ4v) is 3.34. The second kappa shape index (κ2) is 4.27. The first-order valence-corrected chi connectivity index (χ1v) is 6.89. The molecule has 0 saturated heterocycles. The Morgan fingerprint density at radius 2 is 2.17 bits per heavy atom. The molecule has 1 aliphatic carbocycles. The monoisotopic (exact) mass is 241 g/mol. The second-order valence-corrected chi connectivity index (χ2v) is 5.22. The van der Waals surface area contributed by atoms with Crippen molar-refractivity contribution >= 4 is 5.91 Å². The molecule has 0 N–H and O–H groups in total. The minimum absolute atomic E-state index is 0.151. The molecular formula is C16H19NO. The van der Waals surface area contributed by atoms with Gasteiger partial charge in [0.25, 0.3) is 5.91 Å². The van der Waals surface area contributed by atoms with Crippen LogP contribution in [0.2, 0.25) is 0 Å². The van der Waals surface area contributed by atoms with Gasteiger partial charge in [0.1, 0.15) is 0 Å². The Morgan fingerprint density at radius 1 is 1.33 bits per heavy atom. The van der Waals surface area contributed by atoms with Gasteiger partial charge in [0, 0.05) is 12.1 Å². The molecule has 94 valence electrons. The van der Waals surface area contributed by atoms with Crippen molar-refractivity contribution in [1.82, 2.24) is 4.90 Å². The molecule has 1 unspecified atom stereocenters. The molecule has 0 saturated carbocycles. The van der Waals surface area contributed by atoms with Crippen LogP contribution in [0.1, 0.15) is 48.5 Å². The highest BCUT2D eigenvalue weighted by molar-refractivity contribution is 6.00. The van der Waals surface area contributed by atoms with Gasteiger partial charge in [-0.15, -0.1) is 0 Å². The van der Waals surface area contributed by atoms with Crippen LogP contribution in [0.5, 0.6) is 0 Å². The van der Waals surface area contributed by atoms with E-state index in [1.54, 1.807) is 0 Å². The summed E-state index contributed by atoms with van der Waals surface area (Å²) in [5.41, 5.74) is 1.96. The van der Waals surface area contributed by atoms with Gasteiger partial charge in [-0.1, -0.05) is 37.3 Å². The van der Waals surface area contributed by atoms with Crippen molar-refractivity contribution in [2.45, 2.75) is 38.1 Å². The third-order valence-corrected chi connectivity index (χ3v) is 4.12. The number of hydrogen-bond donors (Lipinski definition) is 0. The number of allylic oxidation sites excluding steroid dienone is 1. The van der Waals surface area contributed by atoms with E-state index >= 15 is 0 Å². The van der Waals surface area contributed by atoms with Crippen LogP contribution in [0.25, 0.3) is 0 Å². The molecule has 1 amide bonds. The minimum atomic E-state index is -0.151. The normalized spacial score (nSPS) is 25.8. The molecule has 18 heavy (non-hydrogen) atoms. The standard InChI is InChI=1S/C16H19NO/c1-2-12-17-15(18)13-8-4-5-9-14(13)16(17)10-6-3-7-11-16/h4-6,8-10H,2-3,7,11-12H2,1H3. The lowest BCUT2D eigenvalue weighted by Gasteiger charge is -2.39. The van der Waals surface area contributed by atoms with E-state index in [1.807, 2.05) is 18.2 Å². The van der Waals surface area contributed by atoms with Gasteiger partial charge >= 0.3 is 0 Å². The van der Waals surface area contributed by atoms with Crippen molar-refractivity contribution in [2.24, 2.45) is 0 Å². The third-order valence-electron chi connectivity index (χ3n) is 4.12. The summed E-state index contributed by atoms with van der Waals surface area (Å²) in [7, 11) is 0. The van der Waals surface area contributed by atoms with Gasteiger partial charge in [-0.2, -0.15) is 0 Å². The Morgan fingerprint density at radius 3 is 2.89 bits per heavy atom. The molecule has 1 heterocycles. The summed E-state index contributed by atoms with van der Waals surface area (Å²) in [6.45, 7) is 2.98. The molecule has 0 fully saturated rings. The molecule has 0 aromatic heterocycles. The lowest BCUT2D eigenvalue weighted by Crippen LogP contribution is -2.43. The van der Waals surface area contributed by atoms with E-state index in [0.717, 1.165) is 31.4 Å². The summed E-state index contributed by atoms with van der Waals surface area (Å²) in [6.07, 6.45) is 8.87. The first-order chi connectivity index (χ1) is 8.79. The maximum atomic E-state index is 12.6. The number of hydrogen-bond acceptors (Lipinski definition) is 1. The van der Waals surface area contributed by atoms with E-state index in [-0.39, 0.29) is 11.4 Å². The maximum absolute atomic E-state index is 12.6. The minimum Gasteiger partial charge on any atom is -0.325 e. The van der Waals surface area contributed by atoms with Gasteiger partial charge in [-0.3, -0.25) is 4.79 Å². The quantitative estimate of drug-likeness (QED) is 0.726. The zero-order valence-corrected chi connectivity index (χ0v) is 10.9. The van der Waals surface area contributed by atoms with Gasteiger partial charge in [0.2, 0.25) is 0 Å². The number of benzene rings is 1. The zero-order chi connectivity index (χ0) is 12.6. The van der Waals surface area contributed by atoms with Crippen molar-refractivity contribution in [3.8, 4) is 0 Å². The molecular weight excluding hydrogens is 222 g/mol. The van der Waals surface area contributed by atoms with Crippen LogP contribution in [-0.4, -0.2) is 17.4 Å². The van der Waals surface area contributed by atoms with Crippen LogP contribution in [-0.2, 0) is 5.54 Å². The molecule has 3 rings (SSSR count). The largest absolute Gasteiger partial charge is 0.325 e. The Balaban J connectivity index is 2.16. The van der Waals surface area contributed by atoms with Crippen LogP contribution in [0.4, 0.5) is 0 Å². The lowest BCUT2D eigenvalue weighted by atomic mass is 9.81. The van der Waals surface area contributed by atoms with Gasteiger partial charge in [-0.25, -0.2) is 0 Å². The fourth-order valence-electron chi connectivity index (χ4n) is 3.34. The average molecular weight is 241 g/mol. The van der Waals surface area contributed by atoms with Crippen molar-refractivity contribution < 1.29 is 4.79 Å². The number of amides is 1. The van der Waals surface area contributed by atoms with Gasteiger partial charge in [0.15, 0.2) is 0 Å². The van der Waals surface area contributed by atoms with Crippen LogP contribution >= 0.6 is 0 Å². The molecule has 2 heteroatoms. The number of nitrogens with zero attached hydrogens (tertiary/aromatic N) is 1. The first-order valence-electron chi connectivity index (χ1n) is 6.89. The van der Waals surface area contributed by atoms with Crippen molar-refractivity contribution in [3.05, 3.63) is 47.5 Å². The van der Waals surface area contributed by atoms with E-state index in [4.69, 9.17) is 0 Å². The van der Waals surface area contributed by atoms with Gasteiger partial charge in [0.05, 0.1) is 5.54 Å². The predicted octanol–water partition coefficient (Wildman–Crippen LogP) is 3.49. The van der Waals surface area contributed by atoms with Gasteiger partial charge < -0.3 is 4.90 Å². The Hall–Kier alpha value is -1.57. The Bertz CT molecular complexity index is 506. The molecule has 2 aliphatic rings. The summed E-state index contributed by atoms with van der Waals surface area (Å²) in [4.78, 5) is 14.6. The van der Waals surface area contributed by atoms with Crippen molar-refractivity contribution in [3.63, 3.8) is 0 Å². The van der Waals surface area contributed by atoms with Crippen LogP contribution in [0.3, 0.4) is 0 Å². The Kier molecular flexibility index (Phi) is 2.73. The number of carbonyl (C=O) groups excluding carboxylic acids is 1. The highest BCUT2D eigenvalue weighted by Crippen LogP contribution is 2.45. The highest BCUT2D eigenvalue weighted by Gasteiger charge is 2.47. The molecule has 1 aromatic rings. The fraction of sp³-hybridized carbons (Fsp3) is 0.438. The highest BCUT2D eigenvalue weighted by atomic mass is 16.2. The molecule has 1 atom stereocenters. The molecule has 1 aliphatic heterocycles. The summed E-state index contributed by atoms with van der Waals surface area (Å²) >= 11 is 0. The van der Waals surface area contributed by atoms with E-state index in [9.17, 15) is 4.79 Å². The summed E-state index contributed by atoms with van der Waals surface area (Å²) in [5, 5.41) is 0. The SMILES string of the molecule is CCCN1C(=O)c2ccccc2C12C=CCCC2. The first kappa shape index (κ1) is 11.5. The van der Waals surface area contributed by atoms with Crippen LogP contribution < -0.4 is 0 Å². The second-order valence-electron chi connectivity index (χ2n) is 5.22. The Labute approximate surface area is 108 Å². The number of carbonyl (C=O) groups is 1. The van der Waals surface area contributed by atoms with E-state index < -0.39 is 0 Å². The van der Waals surface area contributed by atoms with E-state index in [0.29, 0.717) is 0 Å². The predicted molar refractivity (Wildman–Crippen MR) is 72.4 cm³/mol. The smallest absolute Gasteiger partial charge is 0.255 e. The average Bonchev–Trinajstić information content (AvgIpc) is 2.64. The maximum Gasteiger partial charge on any atom is 0.255 e. The number of rotatable bonds is 2. The molecule has 1 spiro atoms. The topological polar surface area (TPSA) is 20.3 Å².